The van der Waals surface area contributed by atoms with Crippen molar-refractivity contribution in [2.24, 2.45) is 0 Å². The first-order valence-electron chi connectivity index (χ1n) is 7.18. The van der Waals surface area contributed by atoms with Crippen molar-refractivity contribution >= 4 is 5.97 Å². The molecule has 0 spiro atoms. The van der Waals surface area contributed by atoms with E-state index < -0.39 is 0 Å². The van der Waals surface area contributed by atoms with Crippen LogP contribution >= 0.6 is 0 Å². The number of rotatable bonds is 13. The normalized spacial score (nSPS) is 10.3. The lowest BCUT2D eigenvalue weighted by Gasteiger charge is -2.03. The fraction of sp³-hybridized carbons (Fsp3) is 0.800. The maximum atomic E-state index is 10.7. The summed E-state index contributed by atoms with van der Waals surface area (Å²) in [6.45, 7) is 7.65. The topological polar surface area (TPSA) is 35.5 Å². The van der Waals surface area contributed by atoms with Gasteiger partial charge in [0.2, 0.25) is 0 Å². The summed E-state index contributed by atoms with van der Waals surface area (Å²) in [6, 6.07) is 0. The zero-order valence-corrected chi connectivity index (χ0v) is 11.8. The van der Waals surface area contributed by atoms with E-state index in [1.54, 1.807) is 0 Å². The molecule has 0 aliphatic heterocycles. The van der Waals surface area contributed by atoms with E-state index >= 15 is 0 Å². The second-order valence-electron chi connectivity index (χ2n) is 4.40. The van der Waals surface area contributed by atoms with Gasteiger partial charge < -0.3 is 9.47 Å². The second kappa shape index (κ2) is 14.2. The van der Waals surface area contributed by atoms with E-state index in [9.17, 15) is 4.79 Å². The maximum Gasteiger partial charge on any atom is 0.330 e. The van der Waals surface area contributed by atoms with E-state index in [0.717, 1.165) is 26.1 Å². The zero-order valence-electron chi connectivity index (χ0n) is 11.8. The third kappa shape index (κ3) is 13.2. The minimum atomic E-state index is -0.315. The highest BCUT2D eigenvalue weighted by Crippen LogP contribution is 2.08. The Kier molecular flexibility index (Phi) is 13.6. The van der Waals surface area contributed by atoms with Crippen molar-refractivity contribution in [2.45, 2.75) is 58.3 Å². The van der Waals surface area contributed by atoms with Gasteiger partial charge >= 0.3 is 5.97 Å². The number of carbonyl (C=O) groups excluding carboxylic acids is 1. The second-order valence-corrected chi connectivity index (χ2v) is 4.40. The molecule has 0 amide bonds. The Bertz CT molecular complexity index is 202. The van der Waals surface area contributed by atoms with Crippen LogP contribution < -0.4 is 0 Å². The van der Waals surface area contributed by atoms with Gasteiger partial charge in [-0.1, -0.05) is 45.1 Å². The first-order chi connectivity index (χ1) is 8.81. The van der Waals surface area contributed by atoms with Crippen LogP contribution in [-0.2, 0) is 14.3 Å². The first-order valence-corrected chi connectivity index (χ1v) is 7.18. The Morgan fingerprint density at radius 1 is 0.944 bits per heavy atom. The number of ether oxygens (including phenoxy) is 2. The molecule has 0 atom stereocenters. The molecule has 3 heteroatoms. The molecule has 3 nitrogen and oxygen atoms in total. The number of hydrogen-bond donors (Lipinski definition) is 0. The van der Waals surface area contributed by atoms with Crippen LogP contribution in [0.15, 0.2) is 12.7 Å². The van der Waals surface area contributed by atoms with Crippen LogP contribution in [0.5, 0.6) is 0 Å². The Hall–Kier alpha value is -0.830. The molecule has 0 saturated heterocycles. The number of carbonyl (C=O) groups is 1. The van der Waals surface area contributed by atoms with Gasteiger partial charge in [0.05, 0.1) is 6.61 Å². The van der Waals surface area contributed by atoms with Gasteiger partial charge in [-0.05, 0) is 19.8 Å². The van der Waals surface area contributed by atoms with Crippen molar-refractivity contribution in [3.05, 3.63) is 12.7 Å². The molecule has 0 aliphatic carbocycles. The summed E-state index contributed by atoms with van der Waals surface area (Å²) in [4.78, 5) is 10.7. The predicted molar refractivity (Wildman–Crippen MR) is 74.6 cm³/mol. The Labute approximate surface area is 112 Å². The monoisotopic (exact) mass is 256 g/mol. The van der Waals surface area contributed by atoms with Crippen molar-refractivity contribution in [3.8, 4) is 0 Å². The minimum Gasteiger partial charge on any atom is -0.463 e. The van der Waals surface area contributed by atoms with Crippen molar-refractivity contribution in [2.75, 3.05) is 19.8 Å². The lowest BCUT2D eigenvalue weighted by molar-refractivity contribution is -0.137. The summed E-state index contributed by atoms with van der Waals surface area (Å²) in [5.41, 5.74) is 0. The van der Waals surface area contributed by atoms with Gasteiger partial charge in [0.25, 0.3) is 0 Å². The molecule has 0 rings (SSSR count). The highest BCUT2D eigenvalue weighted by Gasteiger charge is 1.95. The summed E-state index contributed by atoms with van der Waals surface area (Å²) in [5.74, 6) is -0.315. The average molecular weight is 256 g/mol. The fourth-order valence-corrected chi connectivity index (χ4v) is 1.74. The largest absolute Gasteiger partial charge is 0.463 e. The van der Waals surface area contributed by atoms with Crippen molar-refractivity contribution in [3.63, 3.8) is 0 Å². The van der Waals surface area contributed by atoms with Gasteiger partial charge in [-0.25, -0.2) is 4.79 Å². The molecule has 0 N–H and O–H groups in total. The first kappa shape index (κ1) is 17.2. The van der Waals surface area contributed by atoms with E-state index in [0.29, 0.717) is 6.61 Å². The summed E-state index contributed by atoms with van der Waals surface area (Å²) >= 11 is 0. The van der Waals surface area contributed by atoms with Crippen LogP contribution in [0, 0.1) is 0 Å². The zero-order chi connectivity index (χ0) is 13.5. The Morgan fingerprint density at radius 2 is 1.44 bits per heavy atom. The van der Waals surface area contributed by atoms with Crippen molar-refractivity contribution in [1.29, 1.82) is 0 Å². The lowest BCUT2D eigenvalue weighted by Crippen LogP contribution is -2.01. The van der Waals surface area contributed by atoms with E-state index in [2.05, 4.69) is 6.58 Å². The average Bonchev–Trinajstić information content (AvgIpc) is 2.39. The molecular weight excluding hydrogens is 228 g/mol. The van der Waals surface area contributed by atoms with E-state index in [1.165, 1.54) is 44.6 Å². The molecule has 0 aliphatic rings. The van der Waals surface area contributed by atoms with Gasteiger partial charge in [0.15, 0.2) is 0 Å². The molecule has 0 aromatic rings. The highest BCUT2D eigenvalue weighted by atomic mass is 16.5. The number of esters is 1. The summed E-state index contributed by atoms with van der Waals surface area (Å²) in [5, 5.41) is 0. The van der Waals surface area contributed by atoms with E-state index in [4.69, 9.17) is 9.47 Å². The SMILES string of the molecule is C=CC(=O)OCCCCCCCCCCOCC. The smallest absolute Gasteiger partial charge is 0.330 e. The van der Waals surface area contributed by atoms with Gasteiger partial charge in [-0.15, -0.1) is 0 Å². The standard InChI is InChI=1S/C15H28O3/c1-3-15(16)18-14-12-10-8-6-5-7-9-11-13-17-4-2/h3H,1,4-14H2,2H3. The van der Waals surface area contributed by atoms with Crippen LogP contribution in [0.2, 0.25) is 0 Å². The van der Waals surface area contributed by atoms with Crippen LogP contribution in [-0.4, -0.2) is 25.8 Å². The van der Waals surface area contributed by atoms with Crippen molar-refractivity contribution in [1.82, 2.24) is 0 Å². The number of unbranched alkanes of at least 4 members (excludes halogenated alkanes) is 7. The van der Waals surface area contributed by atoms with Crippen LogP contribution in [0.3, 0.4) is 0 Å². The molecule has 0 saturated carbocycles. The minimum absolute atomic E-state index is 0.315. The van der Waals surface area contributed by atoms with Crippen molar-refractivity contribution < 1.29 is 14.3 Å². The molecule has 0 aromatic carbocycles. The molecule has 0 heterocycles. The van der Waals surface area contributed by atoms with Gasteiger partial charge in [0.1, 0.15) is 0 Å². The summed E-state index contributed by atoms with van der Waals surface area (Å²) in [7, 11) is 0. The van der Waals surface area contributed by atoms with Crippen LogP contribution in [0.1, 0.15) is 58.3 Å². The molecule has 0 unspecified atom stereocenters. The Morgan fingerprint density at radius 3 is 1.94 bits per heavy atom. The highest BCUT2D eigenvalue weighted by molar-refractivity contribution is 5.81. The lowest BCUT2D eigenvalue weighted by atomic mass is 10.1. The molecule has 0 aromatic heterocycles. The fourth-order valence-electron chi connectivity index (χ4n) is 1.74. The van der Waals surface area contributed by atoms with Gasteiger partial charge in [-0.2, -0.15) is 0 Å². The van der Waals surface area contributed by atoms with E-state index in [-0.39, 0.29) is 5.97 Å². The molecular formula is C15H28O3. The van der Waals surface area contributed by atoms with Gasteiger partial charge in [-0.3, -0.25) is 0 Å². The van der Waals surface area contributed by atoms with Crippen LogP contribution in [0.4, 0.5) is 0 Å². The third-order valence-corrected chi connectivity index (χ3v) is 2.80. The molecule has 106 valence electrons. The third-order valence-electron chi connectivity index (χ3n) is 2.80. The quantitative estimate of drug-likeness (QED) is 0.285. The van der Waals surface area contributed by atoms with E-state index in [1.807, 2.05) is 6.92 Å². The summed E-state index contributed by atoms with van der Waals surface area (Å²) in [6.07, 6.45) is 10.9. The van der Waals surface area contributed by atoms with Crippen LogP contribution in [0.25, 0.3) is 0 Å². The molecule has 18 heavy (non-hydrogen) atoms. The summed E-state index contributed by atoms with van der Waals surface area (Å²) < 4.78 is 10.2. The van der Waals surface area contributed by atoms with Gasteiger partial charge in [0, 0.05) is 19.3 Å². The molecule has 0 bridgehead atoms. The number of hydrogen-bond acceptors (Lipinski definition) is 3. The predicted octanol–water partition coefficient (Wildman–Crippen LogP) is 3.87. The maximum absolute atomic E-state index is 10.7. The molecule has 0 radical (unpaired) electrons. The molecule has 0 fully saturated rings. The Balaban J connectivity index is 2.98.